The van der Waals surface area contributed by atoms with Crippen molar-refractivity contribution in [2.45, 2.75) is 120 Å². The molecule has 3 unspecified atom stereocenters. The maximum absolute atomic E-state index is 12.7. The summed E-state index contributed by atoms with van der Waals surface area (Å²) in [6, 6.07) is 0. The highest BCUT2D eigenvalue weighted by Crippen LogP contribution is 2.40. The van der Waals surface area contributed by atoms with Gasteiger partial charge in [0.15, 0.2) is 0 Å². The first-order valence-corrected chi connectivity index (χ1v) is 12.2. The fourth-order valence-electron chi connectivity index (χ4n) is 4.53. The standard InChI is InChI=1S/C27H48F2O/c1-20(2)11-9-16-26(6,7)23(5)14-13-21(3)12-10-17-27(8)18-15-22(4)24(19-27)30-25(28)29/h15,18,20-21,23,25H,9-14,16-17,19H2,1-8H3. The van der Waals surface area contributed by atoms with Crippen molar-refractivity contribution in [3.63, 3.8) is 0 Å². The van der Waals surface area contributed by atoms with Gasteiger partial charge in [-0.05, 0) is 60.3 Å². The molecular weight excluding hydrogens is 378 g/mol. The van der Waals surface area contributed by atoms with Crippen LogP contribution in [0.1, 0.15) is 113 Å². The van der Waals surface area contributed by atoms with Crippen LogP contribution >= 0.6 is 0 Å². The molecule has 30 heavy (non-hydrogen) atoms. The highest BCUT2D eigenvalue weighted by atomic mass is 19.3. The first-order valence-electron chi connectivity index (χ1n) is 12.2. The summed E-state index contributed by atoms with van der Waals surface area (Å²) in [5.41, 5.74) is 1.17. The van der Waals surface area contributed by atoms with E-state index in [4.69, 9.17) is 4.74 Å². The Morgan fingerprint density at radius 3 is 2.30 bits per heavy atom. The van der Waals surface area contributed by atoms with Gasteiger partial charge < -0.3 is 4.74 Å². The van der Waals surface area contributed by atoms with Crippen molar-refractivity contribution in [3.05, 3.63) is 23.5 Å². The number of hydrogen-bond acceptors (Lipinski definition) is 1. The first-order chi connectivity index (χ1) is 13.8. The fourth-order valence-corrected chi connectivity index (χ4v) is 4.53. The molecule has 176 valence electrons. The molecule has 0 saturated carbocycles. The molecule has 0 spiro atoms. The van der Waals surface area contributed by atoms with Crippen LogP contribution in [0.3, 0.4) is 0 Å². The van der Waals surface area contributed by atoms with Crippen molar-refractivity contribution in [1.29, 1.82) is 0 Å². The van der Waals surface area contributed by atoms with Gasteiger partial charge in [-0.1, -0.05) is 92.7 Å². The minimum Gasteiger partial charge on any atom is -0.439 e. The SMILES string of the molecule is CC1=C(OC(F)F)CC(C)(CCCC(C)CCC(C)C(C)(C)CCCC(C)C)C=C1. The van der Waals surface area contributed by atoms with Gasteiger partial charge in [-0.2, -0.15) is 8.78 Å². The summed E-state index contributed by atoms with van der Waals surface area (Å²) in [5.74, 6) is 2.71. The van der Waals surface area contributed by atoms with Crippen LogP contribution in [0.2, 0.25) is 0 Å². The van der Waals surface area contributed by atoms with Gasteiger partial charge in [-0.3, -0.25) is 0 Å². The van der Waals surface area contributed by atoms with E-state index in [9.17, 15) is 8.78 Å². The molecule has 1 aliphatic carbocycles. The summed E-state index contributed by atoms with van der Waals surface area (Å²) >= 11 is 0. The van der Waals surface area contributed by atoms with Gasteiger partial charge in [-0.25, -0.2) is 0 Å². The maximum atomic E-state index is 12.7. The summed E-state index contributed by atoms with van der Waals surface area (Å²) in [7, 11) is 0. The van der Waals surface area contributed by atoms with Gasteiger partial charge in [0.25, 0.3) is 0 Å². The van der Waals surface area contributed by atoms with E-state index in [0.717, 1.165) is 30.3 Å². The molecule has 0 bridgehead atoms. The zero-order chi connectivity index (χ0) is 22.9. The molecule has 0 N–H and O–H groups in total. The Kier molecular flexibility index (Phi) is 11.1. The Morgan fingerprint density at radius 2 is 1.70 bits per heavy atom. The molecule has 1 aliphatic rings. The third-order valence-electron chi connectivity index (χ3n) is 7.45. The number of halogens is 2. The molecular formula is C27H48F2O. The van der Waals surface area contributed by atoms with Crippen LogP contribution in [-0.2, 0) is 4.74 Å². The largest absolute Gasteiger partial charge is 0.439 e. The Bertz CT molecular complexity index is 561. The average molecular weight is 427 g/mol. The number of allylic oxidation sites excluding steroid dienone is 4. The van der Waals surface area contributed by atoms with Crippen LogP contribution in [0, 0.1) is 28.6 Å². The predicted molar refractivity (Wildman–Crippen MR) is 126 cm³/mol. The molecule has 0 heterocycles. The Balaban J connectivity index is 2.36. The van der Waals surface area contributed by atoms with Crippen molar-refractivity contribution in [2.24, 2.45) is 28.6 Å². The molecule has 3 atom stereocenters. The molecule has 0 aromatic carbocycles. The summed E-state index contributed by atoms with van der Waals surface area (Å²) in [5, 5.41) is 0. The van der Waals surface area contributed by atoms with E-state index in [2.05, 4.69) is 54.5 Å². The summed E-state index contributed by atoms with van der Waals surface area (Å²) < 4.78 is 30.1. The number of alkyl halides is 2. The molecule has 0 aromatic heterocycles. The van der Waals surface area contributed by atoms with E-state index in [-0.39, 0.29) is 5.41 Å². The minimum atomic E-state index is -2.73. The van der Waals surface area contributed by atoms with E-state index in [1.54, 1.807) is 0 Å². The molecule has 0 radical (unpaired) electrons. The second-order valence-electron chi connectivity index (χ2n) is 11.4. The molecule has 0 aromatic rings. The quantitative estimate of drug-likeness (QED) is 0.269. The lowest BCUT2D eigenvalue weighted by Gasteiger charge is -2.33. The highest BCUT2D eigenvalue weighted by Gasteiger charge is 2.29. The monoisotopic (exact) mass is 426 g/mol. The average Bonchev–Trinajstić information content (AvgIpc) is 2.62. The second kappa shape index (κ2) is 12.2. The Hall–Kier alpha value is -0.860. The molecule has 1 nitrogen and oxygen atoms in total. The molecule has 3 heteroatoms. The van der Waals surface area contributed by atoms with Crippen LogP contribution in [-0.4, -0.2) is 6.61 Å². The van der Waals surface area contributed by atoms with Crippen LogP contribution in [0.15, 0.2) is 23.5 Å². The zero-order valence-corrected chi connectivity index (χ0v) is 21.0. The van der Waals surface area contributed by atoms with Gasteiger partial charge in [0.1, 0.15) is 5.76 Å². The van der Waals surface area contributed by atoms with Crippen molar-refractivity contribution in [3.8, 4) is 0 Å². The van der Waals surface area contributed by atoms with Crippen molar-refractivity contribution < 1.29 is 13.5 Å². The summed E-state index contributed by atoms with van der Waals surface area (Å²) in [6.07, 6.45) is 14.6. The second-order valence-corrected chi connectivity index (χ2v) is 11.4. The third-order valence-corrected chi connectivity index (χ3v) is 7.45. The van der Waals surface area contributed by atoms with Gasteiger partial charge in [-0.15, -0.1) is 0 Å². The lowest BCUT2D eigenvalue weighted by atomic mass is 9.72. The van der Waals surface area contributed by atoms with Gasteiger partial charge >= 0.3 is 6.61 Å². The van der Waals surface area contributed by atoms with E-state index in [1.807, 2.05) is 13.0 Å². The third kappa shape index (κ3) is 9.96. The summed E-state index contributed by atoms with van der Waals surface area (Å²) in [6.45, 7) is 15.6. The first kappa shape index (κ1) is 27.2. The van der Waals surface area contributed by atoms with Crippen molar-refractivity contribution in [2.75, 3.05) is 0 Å². The normalized spacial score (nSPS) is 22.1. The molecule has 0 fully saturated rings. The zero-order valence-electron chi connectivity index (χ0n) is 21.0. The smallest absolute Gasteiger partial charge is 0.387 e. The molecule has 0 aliphatic heterocycles. The fraction of sp³-hybridized carbons (Fsp3) is 0.852. The number of rotatable bonds is 14. The van der Waals surface area contributed by atoms with Crippen LogP contribution < -0.4 is 0 Å². The van der Waals surface area contributed by atoms with Crippen molar-refractivity contribution >= 4 is 0 Å². The van der Waals surface area contributed by atoms with E-state index in [1.165, 1.54) is 38.5 Å². The van der Waals surface area contributed by atoms with Gasteiger partial charge in [0, 0.05) is 6.42 Å². The van der Waals surface area contributed by atoms with E-state index in [0.29, 0.717) is 23.5 Å². The van der Waals surface area contributed by atoms with Crippen LogP contribution in [0.4, 0.5) is 8.78 Å². The lowest BCUT2D eigenvalue weighted by molar-refractivity contribution is -0.102. The topological polar surface area (TPSA) is 9.23 Å². The number of hydrogen-bond donors (Lipinski definition) is 0. The molecule has 0 amide bonds. The minimum absolute atomic E-state index is 0.0743. The predicted octanol–water partition coefficient (Wildman–Crippen LogP) is 9.54. The van der Waals surface area contributed by atoms with E-state index < -0.39 is 6.61 Å². The summed E-state index contributed by atoms with van der Waals surface area (Å²) in [4.78, 5) is 0. The lowest BCUT2D eigenvalue weighted by Crippen LogP contribution is -2.22. The highest BCUT2D eigenvalue weighted by molar-refractivity contribution is 5.28. The number of ether oxygens (including phenoxy) is 1. The Morgan fingerprint density at radius 1 is 1.03 bits per heavy atom. The molecule has 0 saturated heterocycles. The van der Waals surface area contributed by atoms with Crippen LogP contribution in [0.5, 0.6) is 0 Å². The van der Waals surface area contributed by atoms with Gasteiger partial charge in [0.2, 0.25) is 0 Å². The van der Waals surface area contributed by atoms with Gasteiger partial charge in [0.05, 0.1) is 0 Å². The molecule has 1 rings (SSSR count). The van der Waals surface area contributed by atoms with Crippen LogP contribution in [0.25, 0.3) is 0 Å². The van der Waals surface area contributed by atoms with Crippen molar-refractivity contribution in [1.82, 2.24) is 0 Å². The Labute approximate surface area is 185 Å². The van der Waals surface area contributed by atoms with E-state index >= 15 is 0 Å². The maximum Gasteiger partial charge on any atom is 0.387 e.